The maximum Gasteiger partial charge on any atom is 0.142 e. The molecule has 4 heteroatoms. The third-order valence-electron chi connectivity index (χ3n) is 2.32. The Morgan fingerprint density at radius 1 is 1.31 bits per heavy atom. The van der Waals surface area contributed by atoms with Crippen LogP contribution >= 0.6 is 11.6 Å². The smallest absolute Gasteiger partial charge is 0.142 e. The van der Waals surface area contributed by atoms with Gasteiger partial charge in [-0.2, -0.15) is 0 Å². The molecule has 0 spiro atoms. The highest BCUT2D eigenvalue weighted by Crippen LogP contribution is 2.25. The zero-order valence-electron chi connectivity index (χ0n) is 8.36. The Kier molecular flexibility index (Phi) is 3.27. The monoisotopic (exact) mass is 240 g/mol. The van der Waals surface area contributed by atoms with Crippen LogP contribution < -0.4 is 0 Å². The van der Waals surface area contributed by atoms with Crippen molar-refractivity contribution in [2.45, 2.75) is 12.5 Å². The van der Waals surface area contributed by atoms with Gasteiger partial charge in [-0.05, 0) is 23.8 Å². The fourth-order valence-electron chi connectivity index (χ4n) is 1.50. The number of furan rings is 1. The Labute approximate surface area is 97.3 Å². The molecular weight excluding hydrogens is 231 g/mol. The molecule has 1 atom stereocenters. The van der Waals surface area contributed by atoms with Gasteiger partial charge in [0.2, 0.25) is 0 Å². The predicted molar refractivity (Wildman–Crippen MR) is 58.8 cm³/mol. The van der Waals surface area contributed by atoms with Crippen molar-refractivity contribution in [2.24, 2.45) is 0 Å². The summed E-state index contributed by atoms with van der Waals surface area (Å²) in [6.07, 6.45) is 0.893. The summed E-state index contributed by atoms with van der Waals surface area (Å²) >= 11 is 5.78. The van der Waals surface area contributed by atoms with Crippen LogP contribution in [0.15, 0.2) is 41.0 Å². The lowest BCUT2D eigenvalue weighted by molar-refractivity contribution is 0.150. The Balaban J connectivity index is 2.18. The summed E-state index contributed by atoms with van der Waals surface area (Å²) in [7, 11) is 0. The standard InChI is InChI=1S/C12H10ClFO2/c13-12-8(3-1-4-9(12)14)7-10(15)11-5-2-6-16-11/h1-6,10,15H,7H2. The first-order chi connectivity index (χ1) is 7.68. The summed E-state index contributed by atoms with van der Waals surface area (Å²) < 4.78 is 18.2. The lowest BCUT2D eigenvalue weighted by atomic mass is 10.1. The molecule has 1 unspecified atom stereocenters. The maximum absolute atomic E-state index is 13.1. The van der Waals surface area contributed by atoms with Gasteiger partial charge < -0.3 is 9.52 Å². The van der Waals surface area contributed by atoms with Crippen LogP contribution in [-0.2, 0) is 6.42 Å². The average molecular weight is 241 g/mol. The molecule has 0 radical (unpaired) electrons. The molecule has 1 heterocycles. The van der Waals surface area contributed by atoms with E-state index < -0.39 is 11.9 Å². The quantitative estimate of drug-likeness (QED) is 0.893. The van der Waals surface area contributed by atoms with Gasteiger partial charge in [0.05, 0.1) is 11.3 Å². The molecule has 2 aromatic rings. The van der Waals surface area contributed by atoms with Crippen molar-refractivity contribution in [3.63, 3.8) is 0 Å². The van der Waals surface area contributed by atoms with Crippen LogP contribution in [0.5, 0.6) is 0 Å². The van der Waals surface area contributed by atoms with Gasteiger partial charge in [0.1, 0.15) is 17.7 Å². The van der Waals surface area contributed by atoms with E-state index in [9.17, 15) is 9.50 Å². The summed E-state index contributed by atoms with van der Waals surface area (Å²) in [5, 5.41) is 9.85. The molecule has 2 nitrogen and oxygen atoms in total. The minimum atomic E-state index is -0.811. The Morgan fingerprint density at radius 2 is 2.12 bits per heavy atom. The van der Waals surface area contributed by atoms with E-state index in [0.29, 0.717) is 11.3 Å². The van der Waals surface area contributed by atoms with Gasteiger partial charge in [-0.15, -0.1) is 0 Å². The van der Waals surface area contributed by atoms with E-state index >= 15 is 0 Å². The van der Waals surface area contributed by atoms with Crippen LogP contribution in [0.3, 0.4) is 0 Å². The number of hydrogen-bond donors (Lipinski definition) is 1. The number of aliphatic hydroxyl groups excluding tert-OH is 1. The second kappa shape index (κ2) is 4.68. The molecule has 84 valence electrons. The maximum atomic E-state index is 13.1. The highest BCUT2D eigenvalue weighted by atomic mass is 35.5. The van der Waals surface area contributed by atoms with E-state index in [0.717, 1.165) is 0 Å². The van der Waals surface area contributed by atoms with Gasteiger partial charge in [-0.3, -0.25) is 0 Å². The van der Waals surface area contributed by atoms with Crippen LogP contribution in [0.2, 0.25) is 5.02 Å². The fourth-order valence-corrected chi connectivity index (χ4v) is 1.70. The molecule has 0 amide bonds. The predicted octanol–water partition coefficient (Wildman–Crippen LogP) is 3.35. The van der Waals surface area contributed by atoms with Gasteiger partial charge >= 0.3 is 0 Å². The Hall–Kier alpha value is -1.32. The van der Waals surface area contributed by atoms with Gasteiger partial charge in [-0.1, -0.05) is 23.7 Å². The molecule has 0 aliphatic carbocycles. The van der Waals surface area contributed by atoms with Crippen molar-refractivity contribution < 1.29 is 13.9 Å². The summed E-state index contributed by atoms with van der Waals surface area (Å²) in [6, 6.07) is 7.87. The molecule has 2 rings (SSSR count). The minimum Gasteiger partial charge on any atom is -0.467 e. The summed E-state index contributed by atoms with van der Waals surface area (Å²) in [6.45, 7) is 0. The van der Waals surface area contributed by atoms with Crippen LogP contribution in [0.25, 0.3) is 0 Å². The molecule has 1 N–H and O–H groups in total. The zero-order chi connectivity index (χ0) is 11.5. The van der Waals surface area contributed by atoms with Gasteiger partial charge in [0.25, 0.3) is 0 Å². The molecule has 1 aromatic carbocycles. The normalized spacial score (nSPS) is 12.7. The lowest BCUT2D eigenvalue weighted by Gasteiger charge is -2.09. The molecule has 0 saturated carbocycles. The molecule has 1 aromatic heterocycles. The second-order valence-corrected chi connectivity index (χ2v) is 3.83. The molecule has 0 saturated heterocycles. The summed E-state index contributed by atoms with van der Waals surface area (Å²) in [5.41, 5.74) is 0.561. The first-order valence-corrected chi connectivity index (χ1v) is 5.20. The van der Waals surface area contributed by atoms with E-state index in [2.05, 4.69) is 0 Å². The van der Waals surface area contributed by atoms with Crippen LogP contribution in [0, 0.1) is 5.82 Å². The number of hydrogen-bond acceptors (Lipinski definition) is 2. The highest BCUT2D eigenvalue weighted by Gasteiger charge is 2.14. The number of aliphatic hydroxyl groups is 1. The number of halogens is 2. The number of rotatable bonds is 3. The first-order valence-electron chi connectivity index (χ1n) is 4.83. The third-order valence-corrected chi connectivity index (χ3v) is 2.74. The van der Waals surface area contributed by atoms with Crippen molar-refractivity contribution in [1.82, 2.24) is 0 Å². The highest BCUT2D eigenvalue weighted by molar-refractivity contribution is 6.31. The van der Waals surface area contributed by atoms with E-state index in [1.54, 1.807) is 24.3 Å². The van der Waals surface area contributed by atoms with E-state index in [1.165, 1.54) is 12.3 Å². The van der Waals surface area contributed by atoms with Crippen LogP contribution in [0.4, 0.5) is 4.39 Å². The van der Waals surface area contributed by atoms with E-state index in [-0.39, 0.29) is 11.4 Å². The Morgan fingerprint density at radius 3 is 2.81 bits per heavy atom. The zero-order valence-corrected chi connectivity index (χ0v) is 9.12. The topological polar surface area (TPSA) is 33.4 Å². The van der Waals surface area contributed by atoms with Crippen molar-refractivity contribution in [3.8, 4) is 0 Å². The largest absolute Gasteiger partial charge is 0.467 e. The summed E-state index contributed by atoms with van der Waals surface area (Å²) in [4.78, 5) is 0. The van der Waals surface area contributed by atoms with Gasteiger partial charge in [-0.25, -0.2) is 4.39 Å². The first kappa shape index (κ1) is 11.2. The SMILES string of the molecule is OC(Cc1cccc(F)c1Cl)c1ccco1. The van der Waals surface area contributed by atoms with Crippen LogP contribution in [-0.4, -0.2) is 5.11 Å². The Bertz CT molecular complexity index is 468. The fraction of sp³-hybridized carbons (Fsp3) is 0.167. The molecule has 0 aliphatic rings. The molecule has 0 aliphatic heterocycles. The summed E-state index contributed by atoms with van der Waals surface area (Å²) in [5.74, 6) is -0.0360. The van der Waals surface area contributed by atoms with Crippen molar-refractivity contribution in [2.75, 3.05) is 0 Å². The second-order valence-electron chi connectivity index (χ2n) is 3.45. The number of benzene rings is 1. The van der Waals surface area contributed by atoms with Crippen molar-refractivity contribution in [3.05, 3.63) is 58.8 Å². The average Bonchev–Trinajstić information content (AvgIpc) is 2.78. The van der Waals surface area contributed by atoms with E-state index in [1.807, 2.05) is 0 Å². The lowest BCUT2D eigenvalue weighted by Crippen LogP contribution is -2.01. The molecule has 0 fully saturated rings. The van der Waals surface area contributed by atoms with Crippen LogP contribution in [0.1, 0.15) is 17.4 Å². The van der Waals surface area contributed by atoms with Crippen molar-refractivity contribution in [1.29, 1.82) is 0 Å². The molecular formula is C12H10ClFO2. The van der Waals surface area contributed by atoms with E-state index in [4.69, 9.17) is 16.0 Å². The third kappa shape index (κ3) is 2.26. The van der Waals surface area contributed by atoms with Crippen molar-refractivity contribution >= 4 is 11.6 Å². The van der Waals surface area contributed by atoms with Gasteiger partial charge in [0, 0.05) is 6.42 Å². The molecule has 16 heavy (non-hydrogen) atoms. The van der Waals surface area contributed by atoms with Gasteiger partial charge in [0.15, 0.2) is 0 Å². The minimum absolute atomic E-state index is 0.0492. The molecule has 0 bridgehead atoms.